The SMILES string of the molecule is Cc1nn(C)cc1[C@@H](C)NC(=O)NCCOc1ccc(F)c(F)c1. The number of carbonyl (C=O) groups excluding carboxylic acids is 1. The Morgan fingerprint density at radius 2 is 2.12 bits per heavy atom. The number of amides is 2. The van der Waals surface area contributed by atoms with Gasteiger partial charge >= 0.3 is 6.03 Å². The molecular weight excluding hydrogens is 318 g/mol. The third-order valence-electron chi connectivity index (χ3n) is 3.41. The average Bonchev–Trinajstić information content (AvgIpc) is 2.86. The van der Waals surface area contributed by atoms with Gasteiger partial charge in [-0.05, 0) is 26.0 Å². The molecule has 1 aromatic carbocycles. The molecule has 2 N–H and O–H groups in total. The fourth-order valence-electron chi connectivity index (χ4n) is 2.27. The molecule has 2 aromatic rings. The molecule has 1 atom stereocenters. The van der Waals surface area contributed by atoms with Gasteiger partial charge in [-0.15, -0.1) is 0 Å². The van der Waals surface area contributed by atoms with Crippen LogP contribution in [-0.2, 0) is 7.05 Å². The van der Waals surface area contributed by atoms with Crippen LogP contribution in [0.15, 0.2) is 24.4 Å². The summed E-state index contributed by atoms with van der Waals surface area (Å²) in [6, 6.07) is 2.74. The second-order valence-corrected chi connectivity index (χ2v) is 5.39. The maximum atomic E-state index is 13.0. The highest BCUT2D eigenvalue weighted by atomic mass is 19.2. The van der Waals surface area contributed by atoms with Crippen LogP contribution in [0, 0.1) is 18.6 Å². The molecular formula is C16H20F2N4O2. The first kappa shape index (κ1) is 17.7. The number of carbonyl (C=O) groups is 1. The lowest BCUT2D eigenvalue weighted by atomic mass is 10.1. The number of nitrogens with one attached hydrogen (secondary N) is 2. The summed E-state index contributed by atoms with van der Waals surface area (Å²) in [6.07, 6.45) is 1.85. The van der Waals surface area contributed by atoms with Crippen molar-refractivity contribution in [2.75, 3.05) is 13.2 Å². The molecule has 0 saturated heterocycles. The molecule has 2 rings (SSSR count). The average molecular weight is 338 g/mol. The van der Waals surface area contributed by atoms with Gasteiger partial charge in [-0.2, -0.15) is 5.10 Å². The second-order valence-electron chi connectivity index (χ2n) is 5.39. The summed E-state index contributed by atoms with van der Waals surface area (Å²) in [5.41, 5.74) is 1.79. The number of rotatable bonds is 6. The molecule has 1 aromatic heterocycles. The van der Waals surface area contributed by atoms with Crippen molar-refractivity contribution in [1.82, 2.24) is 20.4 Å². The zero-order valence-corrected chi connectivity index (χ0v) is 13.8. The van der Waals surface area contributed by atoms with E-state index in [4.69, 9.17) is 4.74 Å². The molecule has 2 amide bonds. The van der Waals surface area contributed by atoms with E-state index in [1.807, 2.05) is 27.1 Å². The van der Waals surface area contributed by atoms with Crippen LogP contribution in [0.25, 0.3) is 0 Å². The fraction of sp³-hybridized carbons (Fsp3) is 0.375. The van der Waals surface area contributed by atoms with Crippen LogP contribution in [-0.4, -0.2) is 29.0 Å². The van der Waals surface area contributed by atoms with Crippen LogP contribution in [0.3, 0.4) is 0 Å². The number of benzene rings is 1. The molecule has 1 heterocycles. The van der Waals surface area contributed by atoms with Crippen LogP contribution in [0.2, 0.25) is 0 Å². The van der Waals surface area contributed by atoms with E-state index in [-0.39, 0.29) is 31.0 Å². The highest BCUT2D eigenvalue weighted by molar-refractivity contribution is 5.74. The van der Waals surface area contributed by atoms with Crippen LogP contribution in [0.1, 0.15) is 24.2 Å². The maximum Gasteiger partial charge on any atom is 0.315 e. The largest absolute Gasteiger partial charge is 0.492 e. The van der Waals surface area contributed by atoms with Gasteiger partial charge in [0, 0.05) is 24.9 Å². The number of halogens is 2. The number of nitrogens with zero attached hydrogens (tertiary/aromatic N) is 2. The Morgan fingerprint density at radius 1 is 1.38 bits per heavy atom. The molecule has 0 aliphatic heterocycles. The van der Waals surface area contributed by atoms with E-state index in [1.165, 1.54) is 6.07 Å². The monoisotopic (exact) mass is 338 g/mol. The minimum atomic E-state index is -0.973. The second kappa shape index (κ2) is 7.76. The lowest BCUT2D eigenvalue weighted by Gasteiger charge is -2.14. The van der Waals surface area contributed by atoms with Gasteiger partial charge < -0.3 is 15.4 Å². The predicted molar refractivity (Wildman–Crippen MR) is 84.7 cm³/mol. The van der Waals surface area contributed by atoms with Gasteiger partial charge in [0.2, 0.25) is 0 Å². The van der Waals surface area contributed by atoms with Gasteiger partial charge in [0.05, 0.1) is 18.3 Å². The molecule has 0 spiro atoms. The summed E-state index contributed by atoms with van der Waals surface area (Å²) in [7, 11) is 1.82. The van der Waals surface area contributed by atoms with Gasteiger partial charge in [-0.1, -0.05) is 0 Å². The summed E-state index contributed by atoms with van der Waals surface area (Å²) >= 11 is 0. The van der Waals surface area contributed by atoms with E-state index in [0.717, 1.165) is 23.4 Å². The predicted octanol–water partition coefficient (Wildman–Crippen LogP) is 2.45. The quantitative estimate of drug-likeness (QED) is 0.795. The molecule has 0 fully saturated rings. The fourth-order valence-corrected chi connectivity index (χ4v) is 2.27. The van der Waals surface area contributed by atoms with Crippen LogP contribution < -0.4 is 15.4 Å². The normalized spacial score (nSPS) is 11.9. The van der Waals surface area contributed by atoms with Crippen molar-refractivity contribution in [3.05, 3.63) is 47.3 Å². The summed E-state index contributed by atoms with van der Waals surface area (Å²) in [5.74, 6) is -1.70. The third-order valence-corrected chi connectivity index (χ3v) is 3.41. The molecule has 0 unspecified atom stereocenters. The Bertz CT molecular complexity index is 718. The van der Waals surface area contributed by atoms with E-state index in [0.29, 0.717) is 0 Å². The van der Waals surface area contributed by atoms with E-state index in [2.05, 4.69) is 15.7 Å². The van der Waals surface area contributed by atoms with Crippen molar-refractivity contribution in [1.29, 1.82) is 0 Å². The molecule has 24 heavy (non-hydrogen) atoms. The van der Waals surface area contributed by atoms with E-state index in [9.17, 15) is 13.6 Å². The van der Waals surface area contributed by atoms with E-state index >= 15 is 0 Å². The van der Waals surface area contributed by atoms with Gasteiger partial charge in [0.25, 0.3) is 0 Å². The van der Waals surface area contributed by atoms with E-state index in [1.54, 1.807) is 4.68 Å². The minimum Gasteiger partial charge on any atom is -0.492 e. The van der Waals surface area contributed by atoms with Crippen LogP contribution in [0.4, 0.5) is 13.6 Å². The first-order chi connectivity index (χ1) is 11.4. The number of hydrogen-bond acceptors (Lipinski definition) is 3. The molecule has 0 aliphatic rings. The Labute approximate surface area is 138 Å². The zero-order chi connectivity index (χ0) is 17.7. The molecule has 130 valence electrons. The van der Waals surface area contributed by atoms with Gasteiger partial charge in [-0.3, -0.25) is 4.68 Å². The minimum absolute atomic E-state index is 0.138. The molecule has 0 saturated carbocycles. The summed E-state index contributed by atoms with van der Waals surface area (Å²) in [4.78, 5) is 11.8. The van der Waals surface area contributed by atoms with Crippen molar-refractivity contribution >= 4 is 6.03 Å². The molecule has 0 bridgehead atoms. The first-order valence-electron chi connectivity index (χ1n) is 7.49. The smallest absolute Gasteiger partial charge is 0.315 e. The number of urea groups is 1. The third kappa shape index (κ3) is 4.68. The Kier molecular flexibility index (Phi) is 5.73. The first-order valence-corrected chi connectivity index (χ1v) is 7.49. The van der Waals surface area contributed by atoms with E-state index < -0.39 is 11.6 Å². The summed E-state index contributed by atoms with van der Waals surface area (Å²) in [5, 5.41) is 9.66. The Hall–Kier alpha value is -2.64. The lowest BCUT2D eigenvalue weighted by molar-refractivity contribution is 0.233. The van der Waals surface area contributed by atoms with Crippen molar-refractivity contribution < 1.29 is 18.3 Å². The maximum absolute atomic E-state index is 13.0. The number of aromatic nitrogens is 2. The lowest BCUT2D eigenvalue weighted by Crippen LogP contribution is -2.39. The number of aryl methyl sites for hydroxylation is 2. The molecule has 0 radical (unpaired) electrons. The van der Waals surface area contributed by atoms with Crippen molar-refractivity contribution in [2.45, 2.75) is 19.9 Å². The Morgan fingerprint density at radius 3 is 2.75 bits per heavy atom. The van der Waals surface area contributed by atoms with Crippen LogP contribution in [0.5, 0.6) is 5.75 Å². The molecule has 8 heteroatoms. The molecule has 0 aliphatic carbocycles. The van der Waals surface area contributed by atoms with Crippen molar-refractivity contribution in [2.24, 2.45) is 7.05 Å². The molecule has 6 nitrogen and oxygen atoms in total. The zero-order valence-electron chi connectivity index (χ0n) is 13.8. The van der Waals surface area contributed by atoms with Crippen molar-refractivity contribution in [3.63, 3.8) is 0 Å². The Balaban J connectivity index is 1.73. The highest BCUT2D eigenvalue weighted by Crippen LogP contribution is 2.16. The number of hydrogen-bond donors (Lipinski definition) is 2. The topological polar surface area (TPSA) is 68.2 Å². The highest BCUT2D eigenvalue weighted by Gasteiger charge is 2.14. The van der Waals surface area contributed by atoms with Gasteiger partial charge in [0.15, 0.2) is 11.6 Å². The summed E-state index contributed by atoms with van der Waals surface area (Å²) < 4.78 is 32.7. The standard InChI is InChI=1S/C16H20F2N4O2/c1-10(13-9-22(3)21-11(13)2)20-16(23)19-6-7-24-12-4-5-14(17)15(18)8-12/h4-5,8-10H,6-7H2,1-3H3,(H2,19,20,23)/t10-/m1/s1. The van der Waals surface area contributed by atoms with Crippen molar-refractivity contribution in [3.8, 4) is 5.75 Å². The number of ether oxygens (including phenoxy) is 1. The van der Waals surface area contributed by atoms with Gasteiger partial charge in [-0.25, -0.2) is 13.6 Å². The summed E-state index contributed by atoms with van der Waals surface area (Å²) in [6.45, 7) is 4.10. The van der Waals surface area contributed by atoms with Gasteiger partial charge in [0.1, 0.15) is 12.4 Å². The van der Waals surface area contributed by atoms with Crippen LogP contribution >= 0.6 is 0 Å².